The fraction of sp³-hybridized carbons (Fsp3) is 0.591. The van der Waals surface area contributed by atoms with E-state index in [4.69, 9.17) is 14.2 Å². The van der Waals surface area contributed by atoms with Gasteiger partial charge in [-0.05, 0) is 46.1 Å². The van der Waals surface area contributed by atoms with Crippen LogP contribution in [0.2, 0.25) is 0 Å². The highest BCUT2D eigenvalue weighted by molar-refractivity contribution is 5.78. The number of ether oxygens (including phenoxy) is 3. The highest BCUT2D eigenvalue weighted by atomic mass is 16.6. The zero-order chi connectivity index (χ0) is 22.1. The number of hydrogen-bond donors (Lipinski definition) is 0. The molecule has 1 aromatic rings. The number of likely N-dealkylation sites (tertiary alicyclic amines) is 1. The molecule has 1 aliphatic rings. The Hall–Kier alpha value is -2.77. The van der Waals surface area contributed by atoms with Crippen LogP contribution in [0.15, 0.2) is 30.3 Å². The normalized spacial score (nSPS) is 14.7. The summed E-state index contributed by atoms with van der Waals surface area (Å²) in [4.78, 5) is 40.1. The van der Waals surface area contributed by atoms with Crippen molar-refractivity contribution in [3.8, 4) is 0 Å². The summed E-state index contributed by atoms with van der Waals surface area (Å²) in [6, 6.07) is 9.12. The van der Waals surface area contributed by atoms with Crippen LogP contribution in [0.5, 0.6) is 0 Å². The molecular formula is C22H32N2O6. The summed E-state index contributed by atoms with van der Waals surface area (Å²) in [5, 5.41) is 0. The van der Waals surface area contributed by atoms with E-state index in [0.29, 0.717) is 25.9 Å². The van der Waals surface area contributed by atoms with Crippen LogP contribution in [0.25, 0.3) is 0 Å². The first-order chi connectivity index (χ1) is 14.2. The van der Waals surface area contributed by atoms with Crippen LogP contribution in [-0.2, 0) is 25.6 Å². The Morgan fingerprint density at radius 2 is 1.70 bits per heavy atom. The molecule has 0 aliphatic carbocycles. The van der Waals surface area contributed by atoms with Crippen molar-refractivity contribution in [2.75, 3.05) is 26.2 Å². The maximum absolute atomic E-state index is 12.7. The van der Waals surface area contributed by atoms with Crippen molar-refractivity contribution in [3.05, 3.63) is 35.9 Å². The number of rotatable bonds is 6. The van der Waals surface area contributed by atoms with Crippen LogP contribution < -0.4 is 0 Å². The largest absolute Gasteiger partial charge is 0.465 e. The Balaban J connectivity index is 1.98. The van der Waals surface area contributed by atoms with Crippen LogP contribution in [0.3, 0.4) is 0 Å². The third-order valence-corrected chi connectivity index (χ3v) is 4.60. The predicted molar refractivity (Wildman–Crippen MR) is 111 cm³/mol. The van der Waals surface area contributed by atoms with Gasteiger partial charge >= 0.3 is 18.2 Å². The topological polar surface area (TPSA) is 85.4 Å². The number of esters is 1. The zero-order valence-electron chi connectivity index (χ0n) is 18.3. The molecule has 8 nitrogen and oxygen atoms in total. The van der Waals surface area contributed by atoms with E-state index in [9.17, 15) is 14.4 Å². The first-order valence-corrected chi connectivity index (χ1v) is 10.3. The molecule has 8 heteroatoms. The predicted octanol–water partition coefficient (Wildman–Crippen LogP) is 3.59. The summed E-state index contributed by atoms with van der Waals surface area (Å²) in [6.07, 6.45) is 0.116. The number of amides is 2. The highest BCUT2D eigenvalue weighted by Gasteiger charge is 2.33. The van der Waals surface area contributed by atoms with Gasteiger partial charge in [0, 0.05) is 19.1 Å². The van der Waals surface area contributed by atoms with Crippen molar-refractivity contribution >= 4 is 18.2 Å². The third-order valence-electron chi connectivity index (χ3n) is 4.60. The minimum atomic E-state index is -0.567. The van der Waals surface area contributed by atoms with Gasteiger partial charge < -0.3 is 19.1 Å². The fourth-order valence-corrected chi connectivity index (χ4v) is 3.18. The second kappa shape index (κ2) is 10.8. The Kier molecular flexibility index (Phi) is 8.50. The van der Waals surface area contributed by atoms with Crippen molar-refractivity contribution in [1.29, 1.82) is 0 Å². The summed E-state index contributed by atoms with van der Waals surface area (Å²) < 4.78 is 15.9. The second-order valence-electron chi connectivity index (χ2n) is 8.17. The SMILES string of the molecule is CCOC(=O)CN(C(=O)OCc1ccccc1)C1CCN(C(=O)OC(C)(C)C)CC1. The monoisotopic (exact) mass is 420 g/mol. The van der Waals surface area contributed by atoms with Crippen molar-refractivity contribution in [2.24, 2.45) is 0 Å². The van der Waals surface area contributed by atoms with Crippen molar-refractivity contribution < 1.29 is 28.6 Å². The van der Waals surface area contributed by atoms with Gasteiger partial charge in [0.25, 0.3) is 0 Å². The number of carbonyl (C=O) groups is 3. The minimum Gasteiger partial charge on any atom is -0.465 e. The van der Waals surface area contributed by atoms with Gasteiger partial charge in [-0.25, -0.2) is 9.59 Å². The van der Waals surface area contributed by atoms with Crippen molar-refractivity contribution in [2.45, 2.75) is 58.8 Å². The van der Waals surface area contributed by atoms with Gasteiger partial charge in [0.05, 0.1) is 6.61 Å². The number of carbonyl (C=O) groups excluding carboxylic acids is 3. The molecule has 166 valence electrons. The lowest BCUT2D eigenvalue weighted by Crippen LogP contribution is -2.51. The molecule has 30 heavy (non-hydrogen) atoms. The Morgan fingerprint density at radius 3 is 2.27 bits per heavy atom. The lowest BCUT2D eigenvalue weighted by molar-refractivity contribution is -0.144. The number of hydrogen-bond acceptors (Lipinski definition) is 6. The molecule has 0 spiro atoms. The fourth-order valence-electron chi connectivity index (χ4n) is 3.18. The van der Waals surface area contributed by atoms with Crippen LogP contribution in [-0.4, -0.2) is 65.8 Å². The first-order valence-electron chi connectivity index (χ1n) is 10.3. The molecule has 1 aromatic carbocycles. The van der Waals surface area contributed by atoms with Crippen LogP contribution in [0, 0.1) is 0 Å². The molecule has 2 amide bonds. The van der Waals surface area contributed by atoms with Crippen LogP contribution in [0.4, 0.5) is 9.59 Å². The van der Waals surface area contributed by atoms with E-state index >= 15 is 0 Å². The Labute approximate surface area is 178 Å². The molecule has 2 rings (SSSR count). The Bertz CT molecular complexity index is 708. The van der Waals surface area contributed by atoms with Gasteiger partial charge in [-0.3, -0.25) is 9.69 Å². The smallest absolute Gasteiger partial charge is 0.410 e. The van der Waals surface area contributed by atoms with E-state index in [-0.39, 0.29) is 31.9 Å². The van der Waals surface area contributed by atoms with Gasteiger partial charge in [0.1, 0.15) is 18.8 Å². The van der Waals surface area contributed by atoms with Gasteiger partial charge in [0.15, 0.2) is 0 Å². The lowest BCUT2D eigenvalue weighted by atomic mass is 10.0. The van der Waals surface area contributed by atoms with E-state index in [1.807, 2.05) is 51.1 Å². The molecule has 0 unspecified atom stereocenters. The molecule has 1 saturated heterocycles. The number of piperidine rings is 1. The van der Waals surface area contributed by atoms with Crippen molar-refractivity contribution in [1.82, 2.24) is 9.80 Å². The van der Waals surface area contributed by atoms with Crippen molar-refractivity contribution in [3.63, 3.8) is 0 Å². The van der Waals surface area contributed by atoms with E-state index in [1.165, 1.54) is 4.90 Å². The van der Waals surface area contributed by atoms with E-state index < -0.39 is 17.7 Å². The van der Waals surface area contributed by atoms with E-state index in [0.717, 1.165) is 5.56 Å². The molecule has 1 heterocycles. The molecule has 0 radical (unpaired) electrons. The molecule has 0 atom stereocenters. The highest BCUT2D eigenvalue weighted by Crippen LogP contribution is 2.20. The Morgan fingerprint density at radius 1 is 1.07 bits per heavy atom. The van der Waals surface area contributed by atoms with Gasteiger partial charge in [0.2, 0.25) is 0 Å². The average molecular weight is 421 g/mol. The number of benzene rings is 1. The molecular weight excluding hydrogens is 388 g/mol. The summed E-state index contributed by atoms with van der Waals surface area (Å²) in [5.41, 5.74) is 0.298. The first kappa shape index (κ1) is 23.5. The summed E-state index contributed by atoms with van der Waals surface area (Å²) >= 11 is 0. The van der Waals surface area contributed by atoms with E-state index in [2.05, 4.69) is 0 Å². The van der Waals surface area contributed by atoms with Crippen LogP contribution in [0.1, 0.15) is 46.1 Å². The number of nitrogens with zero attached hydrogens (tertiary/aromatic N) is 2. The second-order valence-corrected chi connectivity index (χ2v) is 8.17. The van der Waals surface area contributed by atoms with E-state index in [1.54, 1.807) is 11.8 Å². The average Bonchev–Trinajstić information content (AvgIpc) is 2.70. The molecule has 1 aliphatic heterocycles. The zero-order valence-corrected chi connectivity index (χ0v) is 18.3. The maximum atomic E-state index is 12.7. The van der Waals surface area contributed by atoms with Gasteiger partial charge in [-0.2, -0.15) is 0 Å². The van der Waals surface area contributed by atoms with Gasteiger partial charge in [-0.1, -0.05) is 30.3 Å². The summed E-state index contributed by atoms with van der Waals surface area (Å²) in [7, 11) is 0. The molecule has 0 saturated carbocycles. The molecule has 0 bridgehead atoms. The lowest BCUT2D eigenvalue weighted by Gasteiger charge is -2.37. The summed E-state index contributed by atoms with van der Waals surface area (Å²) in [5.74, 6) is -0.483. The van der Waals surface area contributed by atoms with Gasteiger partial charge in [-0.15, -0.1) is 0 Å². The standard InChI is InChI=1S/C22H32N2O6/c1-5-28-19(25)15-24(21(27)29-16-17-9-7-6-8-10-17)18-11-13-23(14-12-18)20(26)30-22(2,3)4/h6-10,18H,5,11-16H2,1-4H3. The molecule has 0 N–H and O–H groups in total. The molecule has 0 aromatic heterocycles. The summed E-state index contributed by atoms with van der Waals surface area (Å²) in [6.45, 7) is 8.23. The minimum absolute atomic E-state index is 0.121. The maximum Gasteiger partial charge on any atom is 0.410 e. The molecule has 1 fully saturated rings. The van der Waals surface area contributed by atoms with Crippen LogP contribution >= 0.6 is 0 Å². The quantitative estimate of drug-likeness (QED) is 0.516. The third kappa shape index (κ3) is 7.57.